The maximum atomic E-state index is 12.1. The number of piperidine rings is 1. The second-order valence-corrected chi connectivity index (χ2v) is 5.30. The van der Waals surface area contributed by atoms with Crippen molar-refractivity contribution in [2.75, 3.05) is 52.5 Å². The van der Waals surface area contributed by atoms with E-state index >= 15 is 0 Å². The summed E-state index contributed by atoms with van der Waals surface area (Å²) in [6, 6.07) is 0. The highest BCUT2D eigenvalue weighted by Gasteiger charge is 2.28. The van der Waals surface area contributed by atoms with Crippen molar-refractivity contribution < 1.29 is 19.1 Å². The number of carbonyl (C=O) groups is 2. The number of ether oxygens (including phenoxy) is 2. The van der Waals surface area contributed by atoms with Gasteiger partial charge in [0.25, 0.3) is 0 Å². The third-order valence-electron chi connectivity index (χ3n) is 3.93. The lowest BCUT2D eigenvalue weighted by Crippen LogP contribution is -2.47. The Kier molecular flexibility index (Phi) is 5.79. The standard InChI is InChI=1S/C14H24N2O4/c1-2-20-14(18)12-3-5-15(6-4-12)11-13(17)16-7-9-19-10-8-16/h12H,2-11H2,1H3. The molecule has 0 atom stereocenters. The molecule has 0 radical (unpaired) electrons. The van der Waals surface area contributed by atoms with Crippen LogP contribution in [0.5, 0.6) is 0 Å². The van der Waals surface area contributed by atoms with Gasteiger partial charge in [-0.15, -0.1) is 0 Å². The third-order valence-corrected chi connectivity index (χ3v) is 3.93. The first-order chi connectivity index (χ1) is 9.70. The van der Waals surface area contributed by atoms with E-state index in [1.165, 1.54) is 0 Å². The van der Waals surface area contributed by atoms with E-state index in [9.17, 15) is 9.59 Å². The number of esters is 1. The number of nitrogens with zero attached hydrogens (tertiary/aromatic N) is 2. The second kappa shape index (κ2) is 7.59. The van der Waals surface area contributed by atoms with Gasteiger partial charge in [0.1, 0.15) is 0 Å². The number of amides is 1. The first kappa shape index (κ1) is 15.3. The molecule has 20 heavy (non-hydrogen) atoms. The van der Waals surface area contributed by atoms with Gasteiger partial charge < -0.3 is 14.4 Å². The van der Waals surface area contributed by atoms with Crippen molar-refractivity contribution >= 4 is 11.9 Å². The van der Waals surface area contributed by atoms with Crippen LogP contribution in [0.4, 0.5) is 0 Å². The summed E-state index contributed by atoms with van der Waals surface area (Å²) >= 11 is 0. The smallest absolute Gasteiger partial charge is 0.309 e. The highest BCUT2D eigenvalue weighted by Crippen LogP contribution is 2.18. The number of hydrogen-bond acceptors (Lipinski definition) is 5. The van der Waals surface area contributed by atoms with Crippen molar-refractivity contribution in [3.05, 3.63) is 0 Å². The van der Waals surface area contributed by atoms with Gasteiger partial charge in [0, 0.05) is 13.1 Å². The minimum atomic E-state index is -0.0911. The molecule has 0 saturated carbocycles. The average molecular weight is 284 g/mol. The molecule has 6 nitrogen and oxygen atoms in total. The fraction of sp³-hybridized carbons (Fsp3) is 0.857. The minimum Gasteiger partial charge on any atom is -0.466 e. The zero-order valence-corrected chi connectivity index (χ0v) is 12.2. The fourth-order valence-corrected chi connectivity index (χ4v) is 2.69. The highest BCUT2D eigenvalue weighted by atomic mass is 16.5. The summed E-state index contributed by atoms with van der Waals surface area (Å²) in [5.74, 6) is 0.0826. The molecule has 2 aliphatic rings. The normalized spacial score (nSPS) is 21.8. The number of rotatable bonds is 4. The first-order valence-corrected chi connectivity index (χ1v) is 7.45. The van der Waals surface area contributed by atoms with Crippen LogP contribution < -0.4 is 0 Å². The Morgan fingerprint density at radius 2 is 1.80 bits per heavy atom. The lowest BCUT2D eigenvalue weighted by Gasteiger charge is -2.33. The van der Waals surface area contributed by atoms with Crippen LogP contribution in [0, 0.1) is 5.92 Å². The molecule has 0 aromatic carbocycles. The summed E-state index contributed by atoms with van der Waals surface area (Å²) in [6.45, 7) is 6.96. The van der Waals surface area contributed by atoms with Crippen molar-refractivity contribution in [3.63, 3.8) is 0 Å². The van der Waals surface area contributed by atoms with Gasteiger partial charge in [0.2, 0.25) is 5.91 Å². The number of carbonyl (C=O) groups excluding carboxylic acids is 2. The van der Waals surface area contributed by atoms with E-state index in [1.807, 2.05) is 11.8 Å². The lowest BCUT2D eigenvalue weighted by atomic mass is 9.97. The van der Waals surface area contributed by atoms with Gasteiger partial charge in [-0.3, -0.25) is 14.5 Å². The zero-order chi connectivity index (χ0) is 14.4. The zero-order valence-electron chi connectivity index (χ0n) is 12.2. The van der Waals surface area contributed by atoms with Gasteiger partial charge in [0.15, 0.2) is 0 Å². The Bertz CT molecular complexity index is 334. The Labute approximate surface area is 120 Å². The van der Waals surface area contributed by atoms with Gasteiger partial charge in [-0.2, -0.15) is 0 Å². The highest BCUT2D eigenvalue weighted by molar-refractivity contribution is 5.78. The number of morpholine rings is 1. The van der Waals surface area contributed by atoms with E-state index < -0.39 is 0 Å². The van der Waals surface area contributed by atoms with E-state index in [-0.39, 0.29) is 17.8 Å². The predicted octanol–water partition coefficient (Wildman–Crippen LogP) is 0.120. The summed E-state index contributed by atoms with van der Waals surface area (Å²) in [5, 5.41) is 0. The van der Waals surface area contributed by atoms with Crippen molar-refractivity contribution in [1.82, 2.24) is 9.80 Å². The third kappa shape index (κ3) is 4.18. The minimum absolute atomic E-state index is 0.00434. The Morgan fingerprint density at radius 1 is 1.15 bits per heavy atom. The predicted molar refractivity (Wildman–Crippen MR) is 73.2 cm³/mol. The quantitative estimate of drug-likeness (QED) is 0.686. The molecule has 2 aliphatic heterocycles. The van der Waals surface area contributed by atoms with Gasteiger partial charge in [-0.25, -0.2) is 0 Å². The van der Waals surface area contributed by atoms with Gasteiger partial charge in [-0.05, 0) is 32.9 Å². The molecule has 2 saturated heterocycles. The number of hydrogen-bond donors (Lipinski definition) is 0. The van der Waals surface area contributed by atoms with Crippen LogP contribution in [-0.4, -0.2) is 74.2 Å². The van der Waals surface area contributed by atoms with Crippen molar-refractivity contribution in [2.24, 2.45) is 5.92 Å². The van der Waals surface area contributed by atoms with E-state index in [4.69, 9.17) is 9.47 Å². The van der Waals surface area contributed by atoms with E-state index in [1.54, 1.807) is 0 Å². The molecule has 0 N–H and O–H groups in total. The Hall–Kier alpha value is -1.14. The van der Waals surface area contributed by atoms with Crippen molar-refractivity contribution in [3.8, 4) is 0 Å². The monoisotopic (exact) mass is 284 g/mol. The molecular weight excluding hydrogens is 260 g/mol. The molecule has 0 aromatic rings. The number of likely N-dealkylation sites (tertiary alicyclic amines) is 1. The van der Waals surface area contributed by atoms with E-state index in [2.05, 4.69) is 4.90 Å². The molecule has 0 spiro atoms. The topological polar surface area (TPSA) is 59.1 Å². The summed E-state index contributed by atoms with van der Waals surface area (Å²) in [5.41, 5.74) is 0. The fourth-order valence-electron chi connectivity index (χ4n) is 2.69. The van der Waals surface area contributed by atoms with Crippen molar-refractivity contribution in [1.29, 1.82) is 0 Å². The molecule has 0 unspecified atom stereocenters. The molecule has 0 aliphatic carbocycles. The molecule has 0 bridgehead atoms. The summed E-state index contributed by atoms with van der Waals surface area (Å²) in [4.78, 5) is 27.8. The summed E-state index contributed by atoms with van der Waals surface area (Å²) in [6.07, 6.45) is 1.57. The van der Waals surface area contributed by atoms with Crippen LogP contribution in [-0.2, 0) is 19.1 Å². The van der Waals surface area contributed by atoms with Gasteiger partial charge in [0.05, 0.1) is 32.3 Å². The summed E-state index contributed by atoms with van der Waals surface area (Å²) < 4.78 is 10.3. The van der Waals surface area contributed by atoms with Gasteiger partial charge in [-0.1, -0.05) is 0 Å². The maximum Gasteiger partial charge on any atom is 0.309 e. The molecule has 114 valence electrons. The second-order valence-electron chi connectivity index (χ2n) is 5.30. The van der Waals surface area contributed by atoms with Crippen LogP contribution in [0.15, 0.2) is 0 Å². The SMILES string of the molecule is CCOC(=O)C1CCN(CC(=O)N2CCOCC2)CC1. The molecule has 2 fully saturated rings. The van der Waals surface area contributed by atoms with Crippen LogP contribution in [0.3, 0.4) is 0 Å². The van der Waals surface area contributed by atoms with Gasteiger partial charge >= 0.3 is 5.97 Å². The molecular formula is C14H24N2O4. The first-order valence-electron chi connectivity index (χ1n) is 7.45. The molecule has 6 heteroatoms. The molecule has 0 aromatic heterocycles. The van der Waals surface area contributed by atoms with Crippen LogP contribution >= 0.6 is 0 Å². The molecule has 2 rings (SSSR count). The van der Waals surface area contributed by atoms with Crippen molar-refractivity contribution in [2.45, 2.75) is 19.8 Å². The Morgan fingerprint density at radius 3 is 2.40 bits per heavy atom. The molecule has 1 amide bonds. The molecule has 2 heterocycles. The van der Waals surface area contributed by atoms with Crippen LogP contribution in [0.2, 0.25) is 0 Å². The Balaban J connectivity index is 1.71. The maximum absolute atomic E-state index is 12.1. The van der Waals surface area contributed by atoms with Crippen LogP contribution in [0.25, 0.3) is 0 Å². The summed E-state index contributed by atoms with van der Waals surface area (Å²) in [7, 11) is 0. The largest absolute Gasteiger partial charge is 0.466 e. The lowest BCUT2D eigenvalue weighted by molar-refractivity contribution is -0.149. The average Bonchev–Trinajstić information content (AvgIpc) is 2.49. The van der Waals surface area contributed by atoms with E-state index in [0.29, 0.717) is 39.5 Å². The van der Waals surface area contributed by atoms with E-state index in [0.717, 1.165) is 25.9 Å². The van der Waals surface area contributed by atoms with Crippen LogP contribution in [0.1, 0.15) is 19.8 Å².